The molecular weight excluding hydrogens is 394 g/mol. The molecule has 0 radical (unpaired) electrons. The third-order valence-corrected chi connectivity index (χ3v) is 3.46. The highest BCUT2D eigenvalue weighted by Gasteiger charge is 2.13. The molecule has 1 N–H and O–H groups in total. The number of amides is 1. The molecule has 0 aliphatic carbocycles. The van der Waals surface area contributed by atoms with Crippen LogP contribution < -0.4 is 5.32 Å². The molecule has 6 nitrogen and oxygen atoms in total. The van der Waals surface area contributed by atoms with Crippen molar-refractivity contribution in [2.45, 2.75) is 0 Å². The van der Waals surface area contributed by atoms with Gasteiger partial charge in [-0.15, -0.1) is 0 Å². The van der Waals surface area contributed by atoms with Crippen molar-refractivity contribution in [1.82, 2.24) is 4.98 Å². The van der Waals surface area contributed by atoms with E-state index < -0.39 is 10.8 Å². The average molecular weight is 401 g/mol. The average Bonchev–Trinajstić information content (AvgIpc) is 2.40. The van der Waals surface area contributed by atoms with Gasteiger partial charge in [0.05, 0.1) is 10.6 Å². The molecule has 1 amide bonds. The van der Waals surface area contributed by atoms with Crippen LogP contribution in [0.1, 0.15) is 10.5 Å². The number of pyridine rings is 1. The van der Waals surface area contributed by atoms with Gasteiger partial charge in [-0.1, -0.05) is 6.07 Å². The third-order valence-electron chi connectivity index (χ3n) is 2.36. The minimum Gasteiger partial charge on any atom is -0.320 e. The van der Waals surface area contributed by atoms with E-state index in [-0.39, 0.29) is 11.4 Å². The fourth-order valence-corrected chi connectivity index (χ4v) is 2.25. The molecule has 0 spiro atoms. The molecule has 0 unspecified atom stereocenters. The molecule has 1 aromatic heterocycles. The molecule has 0 aliphatic rings. The van der Waals surface area contributed by atoms with E-state index in [1.54, 1.807) is 18.2 Å². The summed E-state index contributed by atoms with van der Waals surface area (Å²) in [6, 6.07) is 9.06. The van der Waals surface area contributed by atoms with Crippen molar-refractivity contribution in [3.63, 3.8) is 0 Å². The van der Waals surface area contributed by atoms with Gasteiger partial charge in [0.25, 0.3) is 11.6 Å². The van der Waals surface area contributed by atoms with Crippen LogP contribution in [-0.2, 0) is 0 Å². The molecule has 2 rings (SSSR count). The lowest BCUT2D eigenvalue weighted by molar-refractivity contribution is -0.384. The molecule has 2 aromatic rings. The van der Waals surface area contributed by atoms with Crippen molar-refractivity contribution in [2.24, 2.45) is 0 Å². The Kier molecular flexibility index (Phi) is 4.46. The van der Waals surface area contributed by atoms with Crippen LogP contribution >= 0.6 is 31.9 Å². The van der Waals surface area contributed by atoms with Gasteiger partial charge in [0, 0.05) is 16.6 Å². The highest BCUT2D eigenvalue weighted by Crippen LogP contribution is 2.27. The van der Waals surface area contributed by atoms with Crippen LogP contribution in [0, 0.1) is 10.1 Å². The van der Waals surface area contributed by atoms with Crippen LogP contribution in [0.3, 0.4) is 0 Å². The predicted octanol–water partition coefficient (Wildman–Crippen LogP) is 3.77. The molecule has 0 atom stereocenters. The lowest BCUT2D eigenvalue weighted by Crippen LogP contribution is -2.14. The Balaban J connectivity index is 2.22. The van der Waals surface area contributed by atoms with Crippen LogP contribution in [0.25, 0.3) is 0 Å². The number of non-ortho nitro benzene ring substituents is 1. The molecule has 1 aromatic carbocycles. The molecule has 0 fully saturated rings. The normalized spacial score (nSPS) is 10.1. The summed E-state index contributed by atoms with van der Waals surface area (Å²) in [5.74, 6) is -0.402. The SMILES string of the molecule is O=C(Nc1ccc([N+](=O)[O-])cc1Br)c1cccc(Br)n1. The number of rotatable bonds is 3. The molecule has 1 heterocycles. The van der Waals surface area contributed by atoms with Crippen LogP contribution in [0.4, 0.5) is 11.4 Å². The summed E-state index contributed by atoms with van der Waals surface area (Å²) < 4.78 is 0.975. The monoisotopic (exact) mass is 399 g/mol. The first-order chi connectivity index (χ1) is 9.47. The predicted molar refractivity (Wildman–Crippen MR) is 80.7 cm³/mol. The smallest absolute Gasteiger partial charge is 0.274 e. The summed E-state index contributed by atoms with van der Waals surface area (Å²) in [5, 5.41) is 13.3. The van der Waals surface area contributed by atoms with Crippen molar-refractivity contribution in [3.8, 4) is 0 Å². The van der Waals surface area contributed by atoms with Crippen molar-refractivity contribution >= 4 is 49.1 Å². The van der Waals surface area contributed by atoms with Crippen LogP contribution in [0.5, 0.6) is 0 Å². The summed E-state index contributed by atoms with van der Waals surface area (Å²) in [5.41, 5.74) is 0.613. The molecule has 0 saturated heterocycles. The maximum absolute atomic E-state index is 12.0. The second-order valence-corrected chi connectivity index (χ2v) is 5.39. The topological polar surface area (TPSA) is 85.1 Å². The van der Waals surface area contributed by atoms with E-state index in [0.29, 0.717) is 14.8 Å². The van der Waals surface area contributed by atoms with Gasteiger partial charge in [0.1, 0.15) is 10.3 Å². The van der Waals surface area contributed by atoms with E-state index in [1.165, 1.54) is 18.2 Å². The number of nitrogens with one attached hydrogen (secondary N) is 1. The molecule has 20 heavy (non-hydrogen) atoms. The molecule has 8 heteroatoms. The Morgan fingerprint density at radius 2 is 2.00 bits per heavy atom. The standard InChI is InChI=1S/C12H7Br2N3O3/c13-8-6-7(17(19)20)4-5-9(8)16-12(18)10-2-1-3-11(14)15-10/h1-6H,(H,16,18). The zero-order valence-corrected chi connectivity index (χ0v) is 13.0. The van der Waals surface area contributed by atoms with E-state index in [0.717, 1.165) is 0 Å². The van der Waals surface area contributed by atoms with Crippen molar-refractivity contribution < 1.29 is 9.72 Å². The number of anilines is 1. The summed E-state index contributed by atoms with van der Waals surface area (Å²) >= 11 is 6.36. The number of halogens is 2. The van der Waals surface area contributed by atoms with Gasteiger partial charge >= 0.3 is 0 Å². The first-order valence-electron chi connectivity index (χ1n) is 5.35. The molecule has 0 aliphatic heterocycles. The minimum atomic E-state index is -0.508. The number of hydrogen-bond acceptors (Lipinski definition) is 4. The number of nitrogens with zero attached hydrogens (tertiary/aromatic N) is 2. The van der Waals surface area contributed by atoms with Gasteiger partial charge in [-0.3, -0.25) is 14.9 Å². The van der Waals surface area contributed by atoms with Crippen molar-refractivity contribution in [1.29, 1.82) is 0 Å². The Morgan fingerprint density at radius 1 is 1.25 bits per heavy atom. The summed E-state index contributed by atoms with van der Waals surface area (Å²) in [6.07, 6.45) is 0. The van der Waals surface area contributed by atoms with Crippen LogP contribution in [0.15, 0.2) is 45.5 Å². The van der Waals surface area contributed by atoms with Gasteiger partial charge in [0.15, 0.2) is 0 Å². The van der Waals surface area contributed by atoms with Gasteiger partial charge in [-0.2, -0.15) is 0 Å². The molecular formula is C12H7Br2N3O3. The third kappa shape index (κ3) is 3.40. The Bertz CT molecular complexity index is 691. The zero-order chi connectivity index (χ0) is 14.7. The number of nitro groups is 1. The number of nitro benzene ring substituents is 1. The zero-order valence-electron chi connectivity index (χ0n) is 9.84. The van der Waals surface area contributed by atoms with E-state index >= 15 is 0 Å². The summed E-state index contributed by atoms with van der Waals surface area (Å²) in [4.78, 5) is 26.1. The minimum absolute atomic E-state index is 0.0598. The van der Waals surface area contributed by atoms with Crippen LogP contribution in [0.2, 0.25) is 0 Å². The van der Waals surface area contributed by atoms with E-state index in [1.807, 2.05) is 0 Å². The number of carbonyl (C=O) groups is 1. The Morgan fingerprint density at radius 3 is 2.60 bits per heavy atom. The Labute approximate surface area is 130 Å². The first kappa shape index (κ1) is 14.6. The lowest BCUT2D eigenvalue weighted by Gasteiger charge is -2.07. The van der Waals surface area contributed by atoms with Crippen molar-refractivity contribution in [3.05, 3.63) is 61.3 Å². The molecule has 102 valence electrons. The largest absolute Gasteiger partial charge is 0.320 e. The molecule has 0 bridgehead atoms. The van der Waals surface area contributed by atoms with Crippen molar-refractivity contribution in [2.75, 3.05) is 5.32 Å². The summed E-state index contributed by atoms with van der Waals surface area (Å²) in [6.45, 7) is 0. The summed E-state index contributed by atoms with van der Waals surface area (Å²) in [7, 11) is 0. The maximum Gasteiger partial charge on any atom is 0.274 e. The second kappa shape index (κ2) is 6.10. The maximum atomic E-state index is 12.0. The molecule has 0 saturated carbocycles. The van der Waals surface area contributed by atoms with E-state index in [9.17, 15) is 14.9 Å². The highest BCUT2D eigenvalue weighted by atomic mass is 79.9. The number of hydrogen-bond donors (Lipinski definition) is 1. The van der Waals surface area contributed by atoms with E-state index in [4.69, 9.17) is 0 Å². The van der Waals surface area contributed by atoms with Gasteiger partial charge in [-0.05, 0) is 50.1 Å². The van der Waals surface area contributed by atoms with Crippen LogP contribution in [-0.4, -0.2) is 15.8 Å². The number of carbonyl (C=O) groups excluding carboxylic acids is 1. The first-order valence-corrected chi connectivity index (χ1v) is 6.94. The van der Waals surface area contributed by atoms with Gasteiger partial charge in [-0.25, -0.2) is 4.98 Å². The second-order valence-electron chi connectivity index (χ2n) is 3.72. The number of aromatic nitrogens is 1. The quantitative estimate of drug-likeness (QED) is 0.482. The van der Waals surface area contributed by atoms with Gasteiger partial charge in [0.2, 0.25) is 0 Å². The van der Waals surface area contributed by atoms with Gasteiger partial charge < -0.3 is 5.32 Å². The highest BCUT2D eigenvalue weighted by molar-refractivity contribution is 9.10. The number of benzene rings is 1. The van der Waals surface area contributed by atoms with E-state index in [2.05, 4.69) is 42.2 Å². The fourth-order valence-electron chi connectivity index (χ4n) is 1.44. The lowest BCUT2D eigenvalue weighted by atomic mass is 10.2. The Hall–Kier alpha value is -1.80. The fraction of sp³-hybridized carbons (Fsp3) is 0.